The van der Waals surface area contributed by atoms with E-state index in [9.17, 15) is 0 Å². The van der Waals surface area contributed by atoms with Crippen molar-refractivity contribution in [3.8, 4) is 0 Å². The van der Waals surface area contributed by atoms with E-state index in [1.807, 2.05) is 6.92 Å². The lowest BCUT2D eigenvalue weighted by atomic mass is 10.7. The molecule has 0 saturated heterocycles. The number of nitrogens with one attached hydrogen (secondary N) is 1. The van der Waals surface area contributed by atoms with Gasteiger partial charge in [0.25, 0.3) is 0 Å². The summed E-state index contributed by atoms with van der Waals surface area (Å²) in [6.07, 6.45) is 0. The number of hydrogen-bond donors (Lipinski definition) is 1. The Kier molecular flexibility index (Phi) is 2.80. The molecule has 0 aliphatic carbocycles. The molecule has 0 atom stereocenters. The van der Waals surface area contributed by atoms with E-state index in [2.05, 4.69) is 20.5 Å². The Morgan fingerprint density at radius 2 is 2.46 bits per heavy atom. The minimum Gasteiger partial charge on any atom is -0.363 e. The van der Waals surface area contributed by atoms with Crippen molar-refractivity contribution in [2.45, 2.75) is 12.7 Å². The van der Waals surface area contributed by atoms with Gasteiger partial charge in [-0.3, -0.25) is 4.99 Å². The monoisotopic (exact) mass is 214 g/mol. The van der Waals surface area contributed by atoms with Crippen LogP contribution in [0, 0.1) is 6.92 Å². The van der Waals surface area contributed by atoms with Crippen LogP contribution in [0.15, 0.2) is 4.99 Å². The standard InChI is InChI=1S/C7H10N4S2/c1-5-10-11-6(13-5)4-12-7-8-2-3-9-7/h2-4H2,1H3,(H,8,9). The van der Waals surface area contributed by atoms with E-state index >= 15 is 0 Å². The van der Waals surface area contributed by atoms with Gasteiger partial charge in [-0.05, 0) is 6.92 Å². The lowest BCUT2D eigenvalue weighted by molar-refractivity contribution is 0.963. The second-order valence-electron chi connectivity index (χ2n) is 2.62. The third-order valence-corrected chi connectivity index (χ3v) is 3.53. The van der Waals surface area contributed by atoms with E-state index in [0.29, 0.717) is 0 Å². The van der Waals surface area contributed by atoms with Crippen molar-refractivity contribution in [3.63, 3.8) is 0 Å². The highest BCUT2D eigenvalue weighted by Gasteiger charge is 2.07. The summed E-state index contributed by atoms with van der Waals surface area (Å²) in [6, 6.07) is 0. The van der Waals surface area contributed by atoms with Crippen LogP contribution in [0.25, 0.3) is 0 Å². The van der Waals surface area contributed by atoms with Crippen LogP contribution in [0.5, 0.6) is 0 Å². The zero-order chi connectivity index (χ0) is 9.10. The second-order valence-corrected chi connectivity index (χ2v) is 4.85. The third-order valence-electron chi connectivity index (χ3n) is 1.54. The molecular weight excluding hydrogens is 204 g/mol. The first-order chi connectivity index (χ1) is 6.34. The second kappa shape index (κ2) is 4.06. The van der Waals surface area contributed by atoms with Gasteiger partial charge >= 0.3 is 0 Å². The first kappa shape index (κ1) is 8.96. The molecule has 4 nitrogen and oxygen atoms in total. The van der Waals surface area contributed by atoms with E-state index in [-0.39, 0.29) is 0 Å². The number of aliphatic imine (C=N–C) groups is 1. The van der Waals surface area contributed by atoms with Crippen molar-refractivity contribution < 1.29 is 0 Å². The minimum absolute atomic E-state index is 0.872. The molecule has 1 N–H and O–H groups in total. The number of hydrogen-bond acceptors (Lipinski definition) is 6. The van der Waals surface area contributed by atoms with E-state index in [1.54, 1.807) is 23.1 Å². The first-order valence-corrected chi connectivity index (χ1v) is 5.85. The van der Waals surface area contributed by atoms with Gasteiger partial charge in [-0.25, -0.2) is 0 Å². The van der Waals surface area contributed by atoms with Crippen LogP contribution in [0.1, 0.15) is 10.0 Å². The summed E-state index contributed by atoms with van der Waals surface area (Å²) in [6.45, 7) is 3.84. The fourth-order valence-electron chi connectivity index (χ4n) is 0.999. The minimum atomic E-state index is 0.872. The quantitative estimate of drug-likeness (QED) is 0.799. The van der Waals surface area contributed by atoms with Gasteiger partial charge in [0.15, 0.2) is 5.17 Å². The summed E-state index contributed by atoms with van der Waals surface area (Å²) in [5.41, 5.74) is 0. The molecule has 1 aromatic rings. The van der Waals surface area contributed by atoms with Gasteiger partial charge < -0.3 is 5.32 Å². The molecule has 1 aliphatic heterocycles. The summed E-state index contributed by atoms with van der Waals surface area (Å²) in [4.78, 5) is 4.28. The van der Waals surface area contributed by atoms with Crippen molar-refractivity contribution in [2.24, 2.45) is 4.99 Å². The number of aryl methyl sites for hydroxylation is 1. The van der Waals surface area contributed by atoms with E-state index in [4.69, 9.17) is 0 Å². The lowest BCUT2D eigenvalue weighted by Crippen LogP contribution is -2.14. The maximum absolute atomic E-state index is 4.28. The van der Waals surface area contributed by atoms with Gasteiger partial charge in [0.1, 0.15) is 10.0 Å². The Morgan fingerprint density at radius 3 is 3.08 bits per heavy atom. The Hall–Kier alpha value is -0.620. The topological polar surface area (TPSA) is 50.2 Å². The van der Waals surface area contributed by atoms with Gasteiger partial charge in [0, 0.05) is 6.54 Å². The maximum Gasteiger partial charge on any atom is 0.157 e. The average molecular weight is 214 g/mol. The number of nitrogens with zero attached hydrogens (tertiary/aromatic N) is 3. The van der Waals surface area contributed by atoms with E-state index in [1.165, 1.54) is 0 Å². The molecule has 0 amide bonds. The number of amidine groups is 1. The highest BCUT2D eigenvalue weighted by atomic mass is 32.2. The molecule has 0 spiro atoms. The highest BCUT2D eigenvalue weighted by Crippen LogP contribution is 2.17. The van der Waals surface area contributed by atoms with Crippen LogP contribution in [-0.2, 0) is 5.75 Å². The van der Waals surface area contributed by atoms with Crippen LogP contribution in [-0.4, -0.2) is 28.5 Å². The number of thioether (sulfide) groups is 1. The molecule has 0 fully saturated rings. The molecule has 0 bridgehead atoms. The zero-order valence-electron chi connectivity index (χ0n) is 7.28. The molecule has 6 heteroatoms. The van der Waals surface area contributed by atoms with Crippen molar-refractivity contribution in [1.82, 2.24) is 15.5 Å². The molecule has 2 rings (SSSR count). The van der Waals surface area contributed by atoms with Crippen LogP contribution < -0.4 is 5.32 Å². The highest BCUT2D eigenvalue weighted by molar-refractivity contribution is 8.13. The van der Waals surface area contributed by atoms with E-state index in [0.717, 1.165) is 34.0 Å². The summed E-state index contributed by atoms with van der Waals surface area (Å²) in [7, 11) is 0. The Bertz CT molecular complexity index is 320. The molecule has 1 aliphatic rings. The summed E-state index contributed by atoms with van der Waals surface area (Å²) in [5.74, 6) is 0.872. The molecular formula is C7H10N4S2. The van der Waals surface area contributed by atoms with Crippen LogP contribution >= 0.6 is 23.1 Å². The SMILES string of the molecule is Cc1nnc(CSC2=NCCN2)s1. The van der Waals surface area contributed by atoms with Gasteiger partial charge in [-0.15, -0.1) is 21.5 Å². The Morgan fingerprint density at radius 1 is 1.54 bits per heavy atom. The van der Waals surface area contributed by atoms with Gasteiger partial charge in [0.2, 0.25) is 0 Å². The predicted octanol–water partition coefficient (Wildman–Crippen LogP) is 1.04. The van der Waals surface area contributed by atoms with Crippen molar-refractivity contribution in [3.05, 3.63) is 10.0 Å². The smallest absolute Gasteiger partial charge is 0.157 e. The normalized spacial score (nSPS) is 15.6. The Balaban J connectivity index is 1.85. The lowest BCUT2D eigenvalue weighted by Gasteiger charge is -1.97. The molecule has 2 heterocycles. The summed E-state index contributed by atoms with van der Waals surface area (Å²) in [5, 5.41) is 14.3. The van der Waals surface area contributed by atoms with Crippen molar-refractivity contribution in [2.75, 3.05) is 13.1 Å². The first-order valence-electron chi connectivity index (χ1n) is 4.05. The molecule has 0 aromatic carbocycles. The molecule has 1 aromatic heterocycles. The van der Waals surface area contributed by atoms with Crippen LogP contribution in [0.4, 0.5) is 0 Å². The zero-order valence-corrected chi connectivity index (χ0v) is 8.91. The molecule has 0 radical (unpaired) electrons. The average Bonchev–Trinajstić information content (AvgIpc) is 2.71. The Labute approximate surface area is 84.9 Å². The number of aromatic nitrogens is 2. The van der Waals surface area contributed by atoms with Crippen molar-refractivity contribution >= 4 is 28.3 Å². The third kappa shape index (κ3) is 2.41. The molecule has 0 unspecified atom stereocenters. The van der Waals surface area contributed by atoms with Crippen LogP contribution in [0.2, 0.25) is 0 Å². The number of rotatable bonds is 2. The molecule has 70 valence electrons. The van der Waals surface area contributed by atoms with Gasteiger partial charge in [-0.2, -0.15) is 0 Å². The maximum atomic E-state index is 4.28. The van der Waals surface area contributed by atoms with E-state index < -0.39 is 0 Å². The summed E-state index contributed by atoms with van der Waals surface area (Å²) < 4.78 is 0. The van der Waals surface area contributed by atoms with Crippen LogP contribution in [0.3, 0.4) is 0 Å². The van der Waals surface area contributed by atoms with Gasteiger partial charge in [-0.1, -0.05) is 11.8 Å². The molecule has 13 heavy (non-hydrogen) atoms. The largest absolute Gasteiger partial charge is 0.363 e. The van der Waals surface area contributed by atoms with Gasteiger partial charge in [0.05, 0.1) is 12.3 Å². The fourth-order valence-corrected chi connectivity index (χ4v) is 2.62. The predicted molar refractivity (Wildman–Crippen MR) is 56.2 cm³/mol. The fraction of sp³-hybridized carbons (Fsp3) is 0.571. The molecule has 0 saturated carbocycles. The summed E-state index contributed by atoms with van der Waals surface area (Å²) >= 11 is 3.34. The van der Waals surface area contributed by atoms with Crippen molar-refractivity contribution in [1.29, 1.82) is 0 Å².